The van der Waals surface area contributed by atoms with Crippen LogP contribution in [0.15, 0.2) is 30.6 Å². The quantitative estimate of drug-likeness (QED) is 0.826. The van der Waals surface area contributed by atoms with Crippen molar-refractivity contribution in [2.75, 3.05) is 5.43 Å². The van der Waals surface area contributed by atoms with Crippen LogP contribution >= 0.6 is 12.2 Å². The van der Waals surface area contributed by atoms with Crippen molar-refractivity contribution < 1.29 is 0 Å². The van der Waals surface area contributed by atoms with Crippen molar-refractivity contribution in [2.24, 2.45) is 0 Å². The predicted molar refractivity (Wildman–Crippen MR) is 81.7 cm³/mol. The van der Waals surface area contributed by atoms with Gasteiger partial charge in [-0.25, -0.2) is 9.66 Å². The number of nitrogens with zero attached hydrogens (tertiary/aromatic N) is 2. The van der Waals surface area contributed by atoms with E-state index < -0.39 is 0 Å². The Hall–Kier alpha value is -1.62. The minimum atomic E-state index is 0.517. The number of nitrogens with one attached hydrogen (secondary N) is 2. The summed E-state index contributed by atoms with van der Waals surface area (Å²) in [5.74, 6) is 0. The highest BCUT2D eigenvalue weighted by Crippen LogP contribution is 2.17. The number of hydrogen-bond donors (Lipinski definition) is 2. The highest BCUT2D eigenvalue weighted by atomic mass is 32.1. The van der Waals surface area contributed by atoms with E-state index in [0.29, 0.717) is 11.2 Å². The summed E-state index contributed by atoms with van der Waals surface area (Å²) < 4.78 is 1.87. The van der Waals surface area contributed by atoms with Crippen molar-refractivity contribution in [1.82, 2.24) is 15.0 Å². The van der Waals surface area contributed by atoms with Crippen LogP contribution in [0.1, 0.15) is 32.1 Å². The molecule has 0 aliphatic heterocycles. The number of imidazole rings is 1. The van der Waals surface area contributed by atoms with Crippen molar-refractivity contribution in [3.63, 3.8) is 0 Å². The summed E-state index contributed by atoms with van der Waals surface area (Å²) in [7, 11) is 0. The lowest BCUT2D eigenvalue weighted by atomic mass is 9.96. The van der Waals surface area contributed by atoms with E-state index in [1.54, 1.807) is 6.33 Å². The van der Waals surface area contributed by atoms with E-state index in [-0.39, 0.29) is 0 Å². The first-order valence-electron chi connectivity index (χ1n) is 6.82. The molecule has 0 bridgehead atoms. The number of rotatable bonds is 2. The number of hydrogen-bond acceptors (Lipinski definition) is 2. The topological polar surface area (TPSA) is 41.9 Å². The van der Waals surface area contributed by atoms with Crippen LogP contribution in [0, 0.1) is 0 Å². The van der Waals surface area contributed by atoms with Gasteiger partial charge >= 0.3 is 0 Å². The highest BCUT2D eigenvalue weighted by molar-refractivity contribution is 7.80. The molecule has 0 amide bonds. The van der Waals surface area contributed by atoms with Crippen LogP contribution in [-0.2, 0) is 0 Å². The van der Waals surface area contributed by atoms with Crippen LogP contribution in [0.3, 0.4) is 0 Å². The van der Waals surface area contributed by atoms with Crippen LogP contribution in [0.4, 0.5) is 0 Å². The maximum Gasteiger partial charge on any atom is 0.185 e. The molecule has 5 heteroatoms. The van der Waals surface area contributed by atoms with Gasteiger partial charge in [0.1, 0.15) is 6.33 Å². The third-order valence-electron chi connectivity index (χ3n) is 3.62. The Labute approximate surface area is 118 Å². The average molecular weight is 274 g/mol. The van der Waals surface area contributed by atoms with Gasteiger partial charge in [-0.05, 0) is 37.2 Å². The second-order valence-corrected chi connectivity index (χ2v) is 5.43. The summed E-state index contributed by atoms with van der Waals surface area (Å²) in [4.78, 5) is 4.33. The molecule has 1 saturated carbocycles. The van der Waals surface area contributed by atoms with Gasteiger partial charge in [-0.15, -0.1) is 0 Å². The molecular weight excluding hydrogens is 256 g/mol. The summed E-state index contributed by atoms with van der Waals surface area (Å²) in [6.45, 7) is 0. The van der Waals surface area contributed by atoms with Crippen molar-refractivity contribution in [3.05, 3.63) is 30.6 Å². The number of fused-ring (bicyclic) bond motifs is 1. The molecule has 100 valence electrons. The van der Waals surface area contributed by atoms with Gasteiger partial charge in [0.25, 0.3) is 0 Å². The molecule has 1 aliphatic carbocycles. The fraction of sp³-hybridized carbons (Fsp3) is 0.429. The Bertz CT molecular complexity index is 572. The van der Waals surface area contributed by atoms with Crippen LogP contribution in [0.25, 0.3) is 11.0 Å². The summed E-state index contributed by atoms with van der Waals surface area (Å²) >= 11 is 5.37. The van der Waals surface area contributed by atoms with Crippen LogP contribution in [0.2, 0.25) is 0 Å². The first kappa shape index (κ1) is 12.4. The van der Waals surface area contributed by atoms with Gasteiger partial charge < -0.3 is 5.32 Å². The zero-order valence-corrected chi connectivity index (χ0v) is 11.6. The molecule has 0 spiro atoms. The predicted octanol–water partition coefficient (Wildman–Crippen LogP) is 2.79. The van der Waals surface area contributed by atoms with Gasteiger partial charge in [-0.3, -0.25) is 5.43 Å². The first-order valence-corrected chi connectivity index (χ1v) is 7.23. The van der Waals surface area contributed by atoms with Gasteiger partial charge in [0.05, 0.1) is 11.0 Å². The van der Waals surface area contributed by atoms with Crippen LogP contribution < -0.4 is 10.7 Å². The minimum absolute atomic E-state index is 0.517. The van der Waals surface area contributed by atoms with Gasteiger partial charge in [0, 0.05) is 6.04 Å². The van der Waals surface area contributed by atoms with Crippen molar-refractivity contribution in [2.45, 2.75) is 38.1 Å². The Balaban J connectivity index is 1.65. The third-order valence-corrected chi connectivity index (χ3v) is 3.83. The van der Waals surface area contributed by atoms with E-state index in [9.17, 15) is 0 Å². The fourth-order valence-corrected chi connectivity index (χ4v) is 2.89. The molecule has 1 aromatic carbocycles. The highest BCUT2D eigenvalue weighted by Gasteiger charge is 2.14. The summed E-state index contributed by atoms with van der Waals surface area (Å²) in [6.07, 6.45) is 8.14. The SMILES string of the molecule is S=C(NC1CCCCC1)Nn1cnc2ccccc21. The van der Waals surface area contributed by atoms with Crippen LogP contribution in [-0.4, -0.2) is 20.8 Å². The number of para-hydroxylation sites is 2. The maximum atomic E-state index is 5.37. The lowest BCUT2D eigenvalue weighted by Gasteiger charge is -2.24. The molecule has 4 nitrogen and oxygen atoms in total. The van der Waals surface area contributed by atoms with Crippen molar-refractivity contribution in [3.8, 4) is 0 Å². The Morgan fingerprint density at radius 3 is 2.84 bits per heavy atom. The van der Waals surface area contributed by atoms with E-state index in [2.05, 4.69) is 15.7 Å². The van der Waals surface area contributed by atoms with Gasteiger partial charge in [0.15, 0.2) is 5.11 Å². The standard InChI is InChI=1S/C14H18N4S/c19-14(16-11-6-2-1-3-7-11)17-18-10-15-12-8-4-5-9-13(12)18/h4-5,8-11H,1-3,6-7H2,(H2,16,17,19). The molecule has 3 rings (SSSR count). The van der Waals surface area contributed by atoms with E-state index in [0.717, 1.165) is 11.0 Å². The van der Waals surface area contributed by atoms with Gasteiger partial charge in [-0.1, -0.05) is 31.4 Å². The van der Waals surface area contributed by atoms with E-state index >= 15 is 0 Å². The third kappa shape index (κ3) is 2.87. The van der Waals surface area contributed by atoms with Crippen molar-refractivity contribution >= 4 is 28.4 Å². The molecule has 19 heavy (non-hydrogen) atoms. The molecule has 1 heterocycles. The molecular formula is C14H18N4S. The zero-order chi connectivity index (χ0) is 13.1. The first-order chi connectivity index (χ1) is 9.33. The molecule has 2 aromatic rings. The second-order valence-electron chi connectivity index (χ2n) is 5.02. The maximum absolute atomic E-state index is 5.37. The largest absolute Gasteiger partial charge is 0.359 e. The van der Waals surface area contributed by atoms with Gasteiger partial charge in [0.2, 0.25) is 0 Å². The normalized spacial score (nSPS) is 16.4. The molecule has 0 unspecified atom stereocenters. The van der Waals surface area contributed by atoms with Crippen molar-refractivity contribution in [1.29, 1.82) is 0 Å². The fourth-order valence-electron chi connectivity index (χ4n) is 2.62. The lowest BCUT2D eigenvalue weighted by molar-refractivity contribution is 0.414. The summed E-state index contributed by atoms with van der Waals surface area (Å²) in [6, 6.07) is 8.52. The second kappa shape index (κ2) is 5.57. The van der Waals surface area contributed by atoms with E-state index in [1.165, 1.54) is 32.1 Å². The number of thiocarbonyl (C=S) groups is 1. The molecule has 2 N–H and O–H groups in total. The minimum Gasteiger partial charge on any atom is -0.359 e. The molecule has 0 atom stereocenters. The van der Waals surface area contributed by atoms with E-state index in [4.69, 9.17) is 12.2 Å². The molecule has 0 radical (unpaired) electrons. The number of aromatic nitrogens is 2. The average Bonchev–Trinajstić information content (AvgIpc) is 2.83. The number of benzene rings is 1. The Morgan fingerprint density at radius 1 is 1.21 bits per heavy atom. The monoisotopic (exact) mass is 274 g/mol. The lowest BCUT2D eigenvalue weighted by Crippen LogP contribution is -2.41. The molecule has 1 fully saturated rings. The smallest absolute Gasteiger partial charge is 0.185 e. The Morgan fingerprint density at radius 2 is 2.00 bits per heavy atom. The zero-order valence-electron chi connectivity index (χ0n) is 10.8. The molecule has 1 aromatic heterocycles. The summed E-state index contributed by atoms with van der Waals surface area (Å²) in [5.41, 5.74) is 5.19. The van der Waals surface area contributed by atoms with Crippen LogP contribution in [0.5, 0.6) is 0 Å². The summed E-state index contributed by atoms with van der Waals surface area (Å²) in [5, 5.41) is 4.07. The van der Waals surface area contributed by atoms with Gasteiger partial charge in [-0.2, -0.15) is 0 Å². The van der Waals surface area contributed by atoms with E-state index in [1.807, 2.05) is 28.9 Å². The molecule has 1 aliphatic rings. The molecule has 0 saturated heterocycles. The Kier molecular flexibility index (Phi) is 3.64.